The first-order valence-corrected chi connectivity index (χ1v) is 8.62. The summed E-state index contributed by atoms with van der Waals surface area (Å²) in [6, 6.07) is 11.6. The van der Waals surface area contributed by atoms with Gasteiger partial charge in [-0.25, -0.2) is 0 Å². The zero-order valence-electron chi connectivity index (χ0n) is 14.9. The van der Waals surface area contributed by atoms with Gasteiger partial charge in [0.05, 0.1) is 0 Å². The third kappa shape index (κ3) is 4.32. The van der Waals surface area contributed by atoms with Gasteiger partial charge in [0.25, 0.3) is 5.91 Å². The predicted octanol–water partition coefficient (Wildman–Crippen LogP) is 4.57. The van der Waals surface area contributed by atoms with Crippen LogP contribution in [0.15, 0.2) is 35.9 Å². The summed E-state index contributed by atoms with van der Waals surface area (Å²) in [4.78, 5) is 12.2. The van der Waals surface area contributed by atoms with Gasteiger partial charge in [-0.05, 0) is 69.2 Å². The van der Waals surface area contributed by atoms with Crippen molar-refractivity contribution in [3.63, 3.8) is 0 Å². The number of nitriles is 1. The Morgan fingerprint density at radius 1 is 1.36 bits per heavy atom. The molecule has 1 N–H and O–H groups in total. The summed E-state index contributed by atoms with van der Waals surface area (Å²) >= 11 is 5.96. The lowest BCUT2D eigenvalue weighted by Gasteiger charge is -2.11. The molecule has 0 aliphatic carbocycles. The summed E-state index contributed by atoms with van der Waals surface area (Å²) in [6.45, 7) is 7.86. The fraction of sp³-hybridized carbons (Fsp3) is 0.300. The van der Waals surface area contributed by atoms with Crippen LogP contribution >= 0.6 is 11.6 Å². The number of nitrogens with one attached hydrogen (secondary N) is 1. The second-order valence-corrected chi connectivity index (χ2v) is 6.53. The molecule has 2 rings (SSSR count). The van der Waals surface area contributed by atoms with Gasteiger partial charge in [0.1, 0.15) is 11.6 Å². The second-order valence-electron chi connectivity index (χ2n) is 6.09. The number of amides is 1. The molecule has 1 amide bonds. The van der Waals surface area contributed by atoms with Crippen LogP contribution in [0.4, 0.5) is 0 Å². The van der Waals surface area contributed by atoms with Crippen molar-refractivity contribution in [2.24, 2.45) is 0 Å². The molecule has 0 unspecified atom stereocenters. The monoisotopic (exact) mass is 355 g/mol. The van der Waals surface area contributed by atoms with E-state index in [1.165, 1.54) is 0 Å². The molecule has 0 aliphatic rings. The first kappa shape index (κ1) is 18.8. The molecule has 1 heterocycles. The average molecular weight is 356 g/mol. The fourth-order valence-electron chi connectivity index (χ4n) is 2.63. The molecule has 0 spiro atoms. The molecule has 0 aliphatic heterocycles. The Labute approximate surface area is 153 Å². The molecule has 5 heteroatoms. The van der Waals surface area contributed by atoms with E-state index in [9.17, 15) is 10.1 Å². The second kappa shape index (κ2) is 8.04. The molecule has 0 fully saturated rings. The smallest absolute Gasteiger partial charge is 0.262 e. The van der Waals surface area contributed by atoms with Crippen molar-refractivity contribution in [3.05, 3.63) is 57.9 Å². The Bertz CT molecular complexity index is 841. The summed E-state index contributed by atoms with van der Waals surface area (Å²) in [5, 5.41) is 12.9. The van der Waals surface area contributed by atoms with Gasteiger partial charge in [0.2, 0.25) is 0 Å². The maximum absolute atomic E-state index is 12.2. The molecule has 0 saturated heterocycles. The van der Waals surface area contributed by atoms with Crippen molar-refractivity contribution in [1.82, 2.24) is 9.88 Å². The highest BCUT2D eigenvalue weighted by Gasteiger charge is 2.14. The van der Waals surface area contributed by atoms with Crippen LogP contribution < -0.4 is 5.32 Å². The van der Waals surface area contributed by atoms with E-state index in [4.69, 9.17) is 11.6 Å². The van der Waals surface area contributed by atoms with Crippen molar-refractivity contribution < 1.29 is 4.79 Å². The number of aryl methyl sites for hydroxylation is 1. The highest BCUT2D eigenvalue weighted by molar-refractivity contribution is 6.30. The quantitative estimate of drug-likeness (QED) is 0.631. The van der Waals surface area contributed by atoms with Gasteiger partial charge in [0.15, 0.2) is 0 Å². The third-order valence-corrected chi connectivity index (χ3v) is 4.46. The number of halogens is 1. The molecular weight excluding hydrogens is 334 g/mol. The Balaban J connectivity index is 2.40. The van der Waals surface area contributed by atoms with Crippen LogP contribution in [0.3, 0.4) is 0 Å². The Hall–Kier alpha value is -2.51. The van der Waals surface area contributed by atoms with Gasteiger partial charge in [-0.1, -0.05) is 18.5 Å². The van der Waals surface area contributed by atoms with Crippen LogP contribution in [0, 0.1) is 25.2 Å². The summed E-state index contributed by atoms with van der Waals surface area (Å²) in [5.74, 6) is -0.340. The number of hydrogen-bond donors (Lipinski definition) is 1. The Morgan fingerprint density at radius 2 is 2.00 bits per heavy atom. The number of hydrogen-bond acceptors (Lipinski definition) is 2. The molecule has 1 aromatic carbocycles. The average Bonchev–Trinajstić information content (AvgIpc) is 2.87. The normalized spacial score (nSPS) is 12.6. The van der Waals surface area contributed by atoms with E-state index < -0.39 is 0 Å². The molecule has 1 atom stereocenters. The summed E-state index contributed by atoms with van der Waals surface area (Å²) in [7, 11) is 0. The van der Waals surface area contributed by atoms with E-state index >= 15 is 0 Å². The number of aromatic nitrogens is 1. The van der Waals surface area contributed by atoms with Crippen molar-refractivity contribution >= 4 is 23.6 Å². The lowest BCUT2D eigenvalue weighted by molar-refractivity contribution is -0.117. The zero-order chi connectivity index (χ0) is 18.6. The molecule has 0 radical (unpaired) electrons. The molecule has 0 bridgehead atoms. The Morgan fingerprint density at radius 3 is 2.56 bits per heavy atom. The first-order chi connectivity index (χ1) is 11.9. The molecule has 25 heavy (non-hydrogen) atoms. The number of carbonyl (C=O) groups excluding carboxylic acids is 1. The highest BCUT2D eigenvalue weighted by atomic mass is 35.5. The lowest BCUT2D eigenvalue weighted by atomic mass is 10.1. The van der Waals surface area contributed by atoms with E-state index in [0.717, 1.165) is 29.1 Å². The molecule has 1 aromatic heterocycles. The van der Waals surface area contributed by atoms with Gasteiger partial charge in [-0.15, -0.1) is 0 Å². The van der Waals surface area contributed by atoms with Gasteiger partial charge < -0.3 is 9.88 Å². The van der Waals surface area contributed by atoms with Crippen molar-refractivity contribution in [2.75, 3.05) is 0 Å². The lowest BCUT2D eigenvalue weighted by Crippen LogP contribution is -2.32. The van der Waals surface area contributed by atoms with Gasteiger partial charge in [-0.3, -0.25) is 4.79 Å². The Kier molecular flexibility index (Phi) is 6.06. The minimum absolute atomic E-state index is 0.0331. The van der Waals surface area contributed by atoms with E-state index in [0.29, 0.717) is 5.02 Å². The fourth-order valence-corrected chi connectivity index (χ4v) is 2.75. The topological polar surface area (TPSA) is 57.8 Å². The van der Waals surface area contributed by atoms with E-state index in [-0.39, 0.29) is 17.5 Å². The van der Waals surface area contributed by atoms with Crippen molar-refractivity contribution in [1.29, 1.82) is 5.26 Å². The molecule has 2 aromatic rings. The standard InChI is InChI=1S/C20H22ClN3O/c1-5-13(2)23-20(25)17(12-22)11-16-10-14(3)24(15(16)4)19-8-6-18(21)7-9-19/h6-11,13H,5H2,1-4H3,(H,23,25)/b17-11+/t13-/m1/s1. The van der Waals surface area contributed by atoms with Crippen LogP contribution in [-0.2, 0) is 4.79 Å². The van der Waals surface area contributed by atoms with E-state index in [2.05, 4.69) is 9.88 Å². The van der Waals surface area contributed by atoms with Gasteiger partial charge in [0, 0.05) is 28.1 Å². The minimum atomic E-state index is -0.340. The number of benzene rings is 1. The molecular formula is C20H22ClN3O. The molecule has 4 nitrogen and oxygen atoms in total. The summed E-state index contributed by atoms with van der Waals surface area (Å²) in [6.07, 6.45) is 2.46. The van der Waals surface area contributed by atoms with Crippen LogP contribution in [-0.4, -0.2) is 16.5 Å². The van der Waals surface area contributed by atoms with Crippen LogP contribution in [0.1, 0.15) is 37.2 Å². The van der Waals surface area contributed by atoms with Crippen LogP contribution in [0.5, 0.6) is 0 Å². The SMILES string of the molecule is CC[C@@H](C)NC(=O)/C(C#N)=C/c1cc(C)n(-c2ccc(Cl)cc2)c1C. The number of rotatable bonds is 5. The third-order valence-electron chi connectivity index (χ3n) is 4.21. The summed E-state index contributed by atoms with van der Waals surface area (Å²) < 4.78 is 2.07. The maximum atomic E-state index is 12.2. The molecule has 130 valence electrons. The zero-order valence-corrected chi connectivity index (χ0v) is 15.7. The van der Waals surface area contributed by atoms with Gasteiger partial charge >= 0.3 is 0 Å². The molecule has 0 saturated carbocycles. The first-order valence-electron chi connectivity index (χ1n) is 8.24. The minimum Gasteiger partial charge on any atom is -0.349 e. The van der Waals surface area contributed by atoms with Crippen LogP contribution in [0.2, 0.25) is 5.02 Å². The maximum Gasteiger partial charge on any atom is 0.262 e. The van der Waals surface area contributed by atoms with Crippen molar-refractivity contribution in [2.45, 2.75) is 40.2 Å². The van der Waals surface area contributed by atoms with Crippen molar-refractivity contribution in [3.8, 4) is 11.8 Å². The number of carbonyl (C=O) groups is 1. The number of nitrogens with zero attached hydrogens (tertiary/aromatic N) is 2. The highest BCUT2D eigenvalue weighted by Crippen LogP contribution is 2.24. The van der Waals surface area contributed by atoms with Gasteiger partial charge in [-0.2, -0.15) is 5.26 Å². The van der Waals surface area contributed by atoms with E-state index in [1.807, 2.05) is 64.1 Å². The summed E-state index contributed by atoms with van der Waals surface area (Å²) in [5.41, 5.74) is 3.93. The van der Waals surface area contributed by atoms with E-state index in [1.54, 1.807) is 6.08 Å². The van der Waals surface area contributed by atoms with Crippen LogP contribution in [0.25, 0.3) is 11.8 Å². The predicted molar refractivity (Wildman–Crippen MR) is 102 cm³/mol. The largest absolute Gasteiger partial charge is 0.349 e.